The molecule has 1 unspecified atom stereocenters. The summed E-state index contributed by atoms with van der Waals surface area (Å²) < 4.78 is 5.35. The highest BCUT2D eigenvalue weighted by Gasteiger charge is 2.31. The van der Waals surface area contributed by atoms with Gasteiger partial charge in [0.1, 0.15) is 5.60 Å². The van der Waals surface area contributed by atoms with Crippen molar-refractivity contribution in [2.75, 3.05) is 18.4 Å². The molecule has 7 nitrogen and oxygen atoms in total. The second-order valence-corrected chi connectivity index (χ2v) is 7.66. The van der Waals surface area contributed by atoms with E-state index in [0.717, 1.165) is 0 Å². The summed E-state index contributed by atoms with van der Waals surface area (Å²) in [5.74, 6) is -1.82. The molecule has 8 heteroatoms. The lowest BCUT2D eigenvalue weighted by Crippen LogP contribution is -2.45. The highest BCUT2D eigenvalue weighted by molar-refractivity contribution is 6.33. The molecule has 1 aromatic carbocycles. The molecule has 1 aromatic rings. The molecule has 142 valence electrons. The summed E-state index contributed by atoms with van der Waals surface area (Å²) in [6.45, 7) is 6.18. The normalized spacial score (nSPS) is 17.5. The number of halogens is 1. The predicted octanol–water partition coefficient (Wildman–Crippen LogP) is 3.62. The Morgan fingerprint density at radius 3 is 2.62 bits per heavy atom. The van der Waals surface area contributed by atoms with Crippen LogP contribution in [0.15, 0.2) is 18.2 Å². The van der Waals surface area contributed by atoms with Gasteiger partial charge in [-0.05, 0) is 51.8 Å². The summed E-state index contributed by atoms with van der Waals surface area (Å²) in [5, 5.41) is 11.9. The molecule has 1 fully saturated rings. The van der Waals surface area contributed by atoms with E-state index >= 15 is 0 Å². The minimum Gasteiger partial charge on any atom is -0.478 e. The number of benzene rings is 1. The van der Waals surface area contributed by atoms with E-state index < -0.39 is 17.7 Å². The van der Waals surface area contributed by atoms with E-state index in [1.807, 2.05) is 0 Å². The van der Waals surface area contributed by atoms with Crippen LogP contribution in [0.1, 0.15) is 44.0 Å². The molecule has 2 amide bonds. The van der Waals surface area contributed by atoms with Gasteiger partial charge in [0.05, 0.1) is 16.5 Å². The standard InChI is InChI=1S/C18H23ClN2O5/c1-18(2,3)26-17(25)21-8-4-5-11(10-21)15(22)20-12-6-7-14(19)13(9-12)16(23)24/h6-7,9,11H,4-5,8,10H2,1-3H3,(H,20,22)(H,23,24). The topological polar surface area (TPSA) is 95.9 Å². The minimum atomic E-state index is -1.17. The fourth-order valence-corrected chi connectivity index (χ4v) is 2.89. The van der Waals surface area contributed by atoms with Crippen molar-refractivity contribution in [1.82, 2.24) is 4.90 Å². The number of carbonyl (C=O) groups excluding carboxylic acids is 2. The lowest BCUT2D eigenvalue weighted by Gasteiger charge is -2.33. The van der Waals surface area contributed by atoms with E-state index in [4.69, 9.17) is 21.4 Å². The van der Waals surface area contributed by atoms with Gasteiger partial charge in [-0.2, -0.15) is 0 Å². The number of amides is 2. The molecule has 0 saturated carbocycles. The third kappa shape index (κ3) is 5.36. The Morgan fingerprint density at radius 2 is 2.00 bits per heavy atom. The largest absolute Gasteiger partial charge is 0.478 e. The number of carboxylic acid groups (broad SMARTS) is 1. The van der Waals surface area contributed by atoms with E-state index in [1.54, 1.807) is 26.8 Å². The van der Waals surface area contributed by atoms with Crippen molar-refractivity contribution in [3.05, 3.63) is 28.8 Å². The smallest absolute Gasteiger partial charge is 0.410 e. The van der Waals surface area contributed by atoms with Crippen molar-refractivity contribution in [3.8, 4) is 0 Å². The number of carbonyl (C=O) groups is 3. The maximum absolute atomic E-state index is 12.5. The van der Waals surface area contributed by atoms with Crippen LogP contribution in [-0.2, 0) is 9.53 Å². The van der Waals surface area contributed by atoms with Gasteiger partial charge >= 0.3 is 12.1 Å². The number of rotatable bonds is 3. The highest BCUT2D eigenvalue weighted by atomic mass is 35.5. The summed E-state index contributed by atoms with van der Waals surface area (Å²) in [5.41, 5.74) is -0.322. The van der Waals surface area contributed by atoms with Gasteiger partial charge in [-0.3, -0.25) is 4.79 Å². The van der Waals surface area contributed by atoms with E-state index in [-0.39, 0.29) is 29.0 Å². The maximum Gasteiger partial charge on any atom is 0.410 e. The zero-order chi connectivity index (χ0) is 19.5. The summed E-state index contributed by atoms with van der Waals surface area (Å²) in [6, 6.07) is 4.28. The number of nitrogens with one attached hydrogen (secondary N) is 1. The predicted molar refractivity (Wildman–Crippen MR) is 97.6 cm³/mol. The van der Waals surface area contributed by atoms with Gasteiger partial charge in [0.2, 0.25) is 5.91 Å². The van der Waals surface area contributed by atoms with Crippen LogP contribution in [0, 0.1) is 5.92 Å². The van der Waals surface area contributed by atoms with Gasteiger partial charge in [-0.25, -0.2) is 9.59 Å². The fraction of sp³-hybridized carbons (Fsp3) is 0.500. The molecule has 2 rings (SSSR count). The van der Waals surface area contributed by atoms with Crippen molar-refractivity contribution >= 4 is 35.3 Å². The first-order chi connectivity index (χ1) is 12.1. The molecule has 0 bridgehead atoms. The number of piperidine rings is 1. The zero-order valence-electron chi connectivity index (χ0n) is 15.0. The van der Waals surface area contributed by atoms with Crippen molar-refractivity contribution in [1.29, 1.82) is 0 Å². The average Bonchev–Trinajstić information content (AvgIpc) is 2.55. The number of likely N-dealkylation sites (tertiary alicyclic amines) is 1. The molecular formula is C18H23ClN2O5. The van der Waals surface area contributed by atoms with Crippen molar-refractivity contribution in [2.45, 2.75) is 39.2 Å². The molecule has 0 aliphatic carbocycles. The van der Waals surface area contributed by atoms with Crippen LogP contribution >= 0.6 is 11.6 Å². The lowest BCUT2D eigenvalue weighted by atomic mass is 9.97. The number of carboxylic acids is 1. The number of hydrogen-bond acceptors (Lipinski definition) is 4. The number of ether oxygens (including phenoxy) is 1. The van der Waals surface area contributed by atoms with Gasteiger partial charge in [0.25, 0.3) is 0 Å². The molecule has 1 heterocycles. The lowest BCUT2D eigenvalue weighted by molar-refractivity contribution is -0.121. The van der Waals surface area contributed by atoms with Crippen molar-refractivity contribution in [3.63, 3.8) is 0 Å². The Hall–Kier alpha value is -2.28. The molecule has 0 radical (unpaired) electrons. The Kier molecular flexibility index (Phi) is 6.13. The first-order valence-electron chi connectivity index (χ1n) is 8.38. The number of hydrogen-bond donors (Lipinski definition) is 2. The van der Waals surface area contributed by atoms with E-state index in [1.165, 1.54) is 17.0 Å². The monoisotopic (exact) mass is 382 g/mol. The van der Waals surface area contributed by atoms with Gasteiger partial charge in [0, 0.05) is 18.8 Å². The summed E-state index contributed by atoms with van der Waals surface area (Å²) in [4.78, 5) is 37.4. The fourth-order valence-electron chi connectivity index (χ4n) is 2.69. The van der Waals surface area contributed by atoms with Crippen LogP contribution in [0.5, 0.6) is 0 Å². The molecule has 0 spiro atoms. The Bertz CT molecular complexity index is 714. The molecular weight excluding hydrogens is 360 g/mol. The second kappa shape index (κ2) is 7.95. The van der Waals surface area contributed by atoms with Gasteiger partial charge in [0.15, 0.2) is 0 Å². The van der Waals surface area contributed by atoms with Crippen LogP contribution in [0.3, 0.4) is 0 Å². The molecule has 1 atom stereocenters. The number of nitrogens with zero attached hydrogens (tertiary/aromatic N) is 1. The second-order valence-electron chi connectivity index (χ2n) is 7.25. The first kappa shape index (κ1) is 20.0. The maximum atomic E-state index is 12.5. The highest BCUT2D eigenvalue weighted by Crippen LogP contribution is 2.24. The van der Waals surface area contributed by atoms with Crippen molar-refractivity contribution < 1.29 is 24.2 Å². The Morgan fingerprint density at radius 1 is 1.31 bits per heavy atom. The third-order valence-corrected chi connectivity index (χ3v) is 4.24. The Balaban J connectivity index is 2.02. The molecule has 0 aromatic heterocycles. The van der Waals surface area contributed by atoms with Crippen LogP contribution < -0.4 is 5.32 Å². The molecule has 1 saturated heterocycles. The third-order valence-electron chi connectivity index (χ3n) is 3.91. The Labute approximate surface area is 157 Å². The molecule has 26 heavy (non-hydrogen) atoms. The first-order valence-corrected chi connectivity index (χ1v) is 8.76. The minimum absolute atomic E-state index is 0.0801. The van der Waals surface area contributed by atoms with E-state index in [0.29, 0.717) is 25.1 Å². The van der Waals surface area contributed by atoms with E-state index in [9.17, 15) is 14.4 Å². The summed E-state index contributed by atoms with van der Waals surface area (Å²) in [7, 11) is 0. The number of anilines is 1. The van der Waals surface area contributed by atoms with Crippen LogP contribution in [0.25, 0.3) is 0 Å². The average molecular weight is 383 g/mol. The van der Waals surface area contributed by atoms with Crippen LogP contribution in [0.2, 0.25) is 5.02 Å². The zero-order valence-corrected chi connectivity index (χ0v) is 15.8. The van der Waals surface area contributed by atoms with Crippen LogP contribution in [0.4, 0.5) is 10.5 Å². The van der Waals surface area contributed by atoms with Gasteiger partial charge in [-0.1, -0.05) is 11.6 Å². The van der Waals surface area contributed by atoms with Gasteiger partial charge in [-0.15, -0.1) is 0 Å². The van der Waals surface area contributed by atoms with E-state index in [2.05, 4.69) is 5.32 Å². The SMILES string of the molecule is CC(C)(C)OC(=O)N1CCCC(C(=O)Nc2ccc(Cl)c(C(=O)O)c2)C1. The molecule has 1 aliphatic heterocycles. The number of aromatic carboxylic acids is 1. The molecule has 2 N–H and O–H groups in total. The quantitative estimate of drug-likeness (QED) is 0.832. The van der Waals surface area contributed by atoms with Crippen LogP contribution in [-0.4, -0.2) is 46.7 Å². The summed E-state index contributed by atoms with van der Waals surface area (Å²) in [6.07, 6.45) is 0.901. The van der Waals surface area contributed by atoms with Gasteiger partial charge < -0.3 is 20.1 Å². The summed E-state index contributed by atoms with van der Waals surface area (Å²) >= 11 is 5.83. The van der Waals surface area contributed by atoms with Crippen molar-refractivity contribution in [2.24, 2.45) is 5.92 Å². The molecule has 1 aliphatic rings.